The van der Waals surface area contributed by atoms with Crippen LogP contribution < -0.4 is 10.6 Å². The minimum atomic E-state index is -3.14. The molecule has 6 nitrogen and oxygen atoms in total. The van der Waals surface area contributed by atoms with Gasteiger partial charge in [0.2, 0.25) is 0 Å². The fraction of sp³-hybridized carbons (Fsp3) is 0.632. The van der Waals surface area contributed by atoms with E-state index in [-0.39, 0.29) is 24.0 Å². The van der Waals surface area contributed by atoms with Gasteiger partial charge in [0.05, 0.1) is 4.90 Å². The van der Waals surface area contributed by atoms with Crippen LogP contribution in [0.5, 0.6) is 0 Å². The highest BCUT2D eigenvalue weighted by atomic mass is 127. The minimum absolute atomic E-state index is 0. The highest BCUT2D eigenvalue weighted by molar-refractivity contribution is 14.0. The van der Waals surface area contributed by atoms with Crippen LogP contribution >= 0.6 is 24.0 Å². The van der Waals surface area contributed by atoms with Crippen molar-refractivity contribution >= 4 is 39.8 Å². The maximum absolute atomic E-state index is 11.5. The topological polar surface area (TPSA) is 79.8 Å². The largest absolute Gasteiger partial charge is 0.381 e. The standard InChI is InChI=1S/C19H33N3O3S.HI/c1-5-20-19(21-12-6-14-25-15-16(2)3)22-13-11-17-7-9-18(10-8-17)26(4,23)24;/h7-10,16H,5-6,11-15H2,1-4H3,(H2,20,21,22);1H. The number of halogens is 1. The third-order valence-electron chi connectivity index (χ3n) is 3.57. The summed E-state index contributed by atoms with van der Waals surface area (Å²) < 4.78 is 28.5. The summed E-state index contributed by atoms with van der Waals surface area (Å²) in [5.41, 5.74) is 1.09. The van der Waals surface area contributed by atoms with Gasteiger partial charge < -0.3 is 15.4 Å². The molecule has 0 radical (unpaired) electrons. The van der Waals surface area contributed by atoms with Crippen molar-refractivity contribution in [3.05, 3.63) is 29.8 Å². The van der Waals surface area contributed by atoms with Crippen molar-refractivity contribution in [2.75, 3.05) is 39.1 Å². The molecule has 156 valence electrons. The van der Waals surface area contributed by atoms with E-state index in [1.54, 1.807) is 12.1 Å². The van der Waals surface area contributed by atoms with Gasteiger partial charge in [-0.2, -0.15) is 0 Å². The molecule has 0 amide bonds. The van der Waals surface area contributed by atoms with Crippen LogP contribution in [0.15, 0.2) is 34.2 Å². The molecule has 0 spiro atoms. The zero-order chi connectivity index (χ0) is 19.4. The van der Waals surface area contributed by atoms with Crippen molar-refractivity contribution < 1.29 is 13.2 Å². The van der Waals surface area contributed by atoms with Crippen molar-refractivity contribution in [1.82, 2.24) is 10.6 Å². The van der Waals surface area contributed by atoms with Gasteiger partial charge in [-0.05, 0) is 43.4 Å². The second kappa shape index (κ2) is 14.2. The van der Waals surface area contributed by atoms with Crippen LogP contribution in [0.3, 0.4) is 0 Å². The molecule has 0 aliphatic carbocycles. The fourth-order valence-corrected chi connectivity index (χ4v) is 2.88. The first-order valence-electron chi connectivity index (χ1n) is 9.21. The Kier molecular flexibility index (Phi) is 13.7. The van der Waals surface area contributed by atoms with Crippen LogP contribution in [-0.2, 0) is 21.0 Å². The summed E-state index contributed by atoms with van der Waals surface area (Å²) >= 11 is 0. The Hall–Kier alpha value is -0.870. The zero-order valence-corrected chi connectivity index (χ0v) is 20.0. The molecule has 0 atom stereocenters. The van der Waals surface area contributed by atoms with Gasteiger partial charge in [-0.3, -0.25) is 4.99 Å². The minimum Gasteiger partial charge on any atom is -0.381 e. The first-order valence-corrected chi connectivity index (χ1v) is 11.1. The van der Waals surface area contributed by atoms with E-state index in [1.165, 1.54) is 6.26 Å². The SMILES string of the molecule is CCNC(=NCCCOCC(C)C)NCCc1ccc(S(C)(=O)=O)cc1.I. The quantitative estimate of drug-likeness (QED) is 0.207. The van der Waals surface area contributed by atoms with Gasteiger partial charge in [0, 0.05) is 39.1 Å². The molecule has 0 saturated heterocycles. The van der Waals surface area contributed by atoms with E-state index in [4.69, 9.17) is 4.74 Å². The lowest BCUT2D eigenvalue weighted by Gasteiger charge is -2.11. The highest BCUT2D eigenvalue weighted by Crippen LogP contribution is 2.10. The average molecular weight is 511 g/mol. The molecule has 1 aromatic rings. The molecule has 0 aliphatic heterocycles. The monoisotopic (exact) mass is 511 g/mol. The average Bonchev–Trinajstić information content (AvgIpc) is 2.57. The maximum Gasteiger partial charge on any atom is 0.191 e. The van der Waals surface area contributed by atoms with Gasteiger partial charge in [-0.25, -0.2) is 8.42 Å². The highest BCUT2D eigenvalue weighted by Gasteiger charge is 2.06. The second-order valence-electron chi connectivity index (χ2n) is 6.68. The van der Waals surface area contributed by atoms with Crippen molar-refractivity contribution in [2.24, 2.45) is 10.9 Å². The maximum atomic E-state index is 11.5. The summed E-state index contributed by atoms with van der Waals surface area (Å²) in [6, 6.07) is 7.02. The van der Waals surface area contributed by atoms with Crippen molar-refractivity contribution in [1.29, 1.82) is 0 Å². The zero-order valence-electron chi connectivity index (χ0n) is 16.8. The number of hydrogen-bond acceptors (Lipinski definition) is 4. The van der Waals surface area contributed by atoms with E-state index in [0.717, 1.165) is 57.2 Å². The van der Waals surface area contributed by atoms with Gasteiger partial charge in [-0.15, -0.1) is 24.0 Å². The molecule has 0 bridgehead atoms. The van der Waals surface area contributed by atoms with Gasteiger partial charge in [0.15, 0.2) is 15.8 Å². The molecule has 1 aromatic carbocycles. The number of hydrogen-bond donors (Lipinski definition) is 2. The lowest BCUT2D eigenvalue weighted by molar-refractivity contribution is 0.109. The summed E-state index contributed by atoms with van der Waals surface area (Å²) in [7, 11) is -3.14. The number of rotatable bonds is 11. The van der Waals surface area contributed by atoms with Gasteiger partial charge in [0.1, 0.15) is 0 Å². The van der Waals surface area contributed by atoms with E-state index >= 15 is 0 Å². The molecular formula is C19H34IN3O3S. The lowest BCUT2D eigenvalue weighted by atomic mass is 10.1. The van der Waals surface area contributed by atoms with E-state index < -0.39 is 9.84 Å². The molecule has 8 heteroatoms. The van der Waals surface area contributed by atoms with Gasteiger partial charge in [0.25, 0.3) is 0 Å². The summed E-state index contributed by atoms with van der Waals surface area (Å²) in [5.74, 6) is 1.35. The predicted molar refractivity (Wildman–Crippen MR) is 123 cm³/mol. The molecular weight excluding hydrogens is 477 g/mol. The Balaban J connectivity index is 0.00000676. The summed E-state index contributed by atoms with van der Waals surface area (Å²) in [4.78, 5) is 4.89. The van der Waals surface area contributed by atoms with E-state index in [0.29, 0.717) is 10.8 Å². The van der Waals surface area contributed by atoms with E-state index in [9.17, 15) is 8.42 Å². The molecule has 27 heavy (non-hydrogen) atoms. The smallest absolute Gasteiger partial charge is 0.191 e. The summed E-state index contributed by atoms with van der Waals surface area (Å²) in [5, 5.41) is 6.53. The van der Waals surface area contributed by atoms with E-state index in [2.05, 4.69) is 29.5 Å². The van der Waals surface area contributed by atoms with Crippen LogP contribution in [0.25, 0.3) is 0 Å². The number of benzene rings is 1. The van der Waals surface area contributed by atoms with Crippen LogP contribution in [0, 0.1) is 5.92 Å². The van der Waals surface area contributed by atoms with Crippen molar-refractivity contribution in [3.8, 4) is 0 Å². The summed E-state index contributed by atoms with van der Waals surface area (Å²) in [6.45, 7) is 10.1. The van der Waals surface area contributed by atoms with Crippen LogP contribution in [0.1, 0.15) is 32.8 Å². The molecule has 0 unspecified atom stereocenters. The molecule has 0 aromatic heterocycles. The van der Waals surface area contributed by atoms with E-state index in [1.807, 2.05) is 19.1 Å². The molecule has 1 rings (SSSR count). The van der Waals surface area contributed by atoms with Crippen LogP contribution in [0.4, 0.5) is 0 Å². The van der Waals surface area contributed by atoms with Crippen molar-refractivity contribution in [2.45, 2.75) is 38.5 Å². The third-order valence-corrected chi connectivity index (χ3v) is 4.70. The second-order valence-corrected chi connectivity index (χ2v) is 8.69. The number of nitrogens with one attached hydrogen (secondary N) is 2. The molecule has 0 heterocycles. The number of sulfone groups is 1. The lowest BCUT2D eigenvalue weighted by Crippen LogP contribution is -2.38. The molecule has 0 saturated carbocycles. The first-order chi connectivity index (χ1) is 12.3. The van der Waals surface area contributed by atoms with Gasteiger partial charge in [-0.1, -0.05) is 26.0 Å². The molecule has 2 N–H and O–H groups in total. The number of nitrogens with zero attached hydrogens (tertiary/aromatic N) is 1. The molecule has 0 fully saturated rings. The van der Waals surface area contributed by atoms with Gasteiger partial charge >= 0.3 is 0 Å². The Morgan fingerprint density at radius 1 is 1.19 bits per heavy atom. The first kappa shape index (κ1) is 26.1. The Morgan fingerprint density at radius 3 is 2.41 bits per heavy atom. The number of ether oxygens (including phenoxy) is 1. The predicted octanol–water partition coefficient (Wildman–Crippen LogP) is 2.87. The number of aliphatic imine (C=N–C) groups is 1. The fourth-order valence-electron chi connectivity index (χ4n) is 2.25. The van der Waals surface area contributed by atoms with Crippen molar-refractivity contribution in [3.63, 3.8) is 0 Å². The van der Waals surface area contributed by atoms with Crippen LogP contribution in [0.2, 0.25) is 0 Å². The Labute approximate surface area is 181 Å². The molecule has 0 aliphatic rings. The Morgan fingerprint density at radius 2 is 1.85 bits per heavy atom. The Bertz CT molecular complexity index is 647. The third kappa shape index (κ3) is 12.2. The normalized spacial score (nSPS) is 12.0. The summed E-state index contributed by atoms with van der Waals surface area (Å²) in [6.07, 6.45) is 2.92. The van der Waals surface area contributed by atoms with Crippen LogP contribution in [-0.4, -0.2) is 53.5 Å². The number of guanidine groups is 1.